The van der Waals surface area contributed by atoms with Crippen molar-refractivity contribution in [3.8, 4) is 0 Å². The summed E-state index contributed by atoms with van der Waals surface area (Å²) in [5, 5.41) is 0. The Kier molecular flexibility index (Phi) is 4.15. The van der Waals surface area contributed by atoms with Crippen LogP contribution in [0.15, 0.2) is 29.2 Å². The fraction of sp³-hybridized carbons (Fsp3) is 0.500. The topological polar surface area (TPSA) is 63.7 Å². The number of carbonyl (C=O) groups excluding carboxylic acids is 1. The predicted molar refractivity (Wildman–Crippen MR) is 75.5 cm³/mol. The number of carbonyl (C=O) groups is 1. The van der Waals surface area contributed by atoms with Gasteiger partial charge >= 0.3 is 0 Å². The van der Waals surface area contributed by atoms with Gasteiger partial charge in [-0.15, -0.1) is 0 Å². The molecular formula is C14H19NO4S. The fourth-order valence-corrected chi connectivity index (χ4v) is 3.36. The molecule has 0 radical (unpaired) electrons. The van der Waals surface area contributed by atoms with Crippen LogP contribution < -0.4 is 0 Å². The van der Waals surface area contributed by atoms with Crippen LogP contribution >= 0.6 is 0 Å². The van der Waals surface area contributed by atoms with Crippen molar-refractivity contribution in [2.45, 2.75) is 31.0 Å². The van der Waals surface area contributed by atoms with Gasteiger partial charge in [0.15, 0.2) is 9.84 Å². The fourth-order valence-electron chi connectivity index (χ4n) is 2.48. The second-order valence-electron chi connectivity index (χ2n) is 5.24. The zero-order valence-corrected chi connectivity index (χ0v) is 12.7. The van der Waals surface area contributed by atoms with E-state index in [1.165, 1.54) is 6.07 Å². The Hall–Kier alpha value is -1.40. The quantitative estimate of drug-likeness (QED) is 0.826. The third-order valence-corrected chi connectivity index (χ3v) is 4.38. The summed E-state index contributed by atoms with van der Waals surface area (Å²) >= 11 is 0. The summed E-state index contributed by atoms with van der Waals surface area (Å²) in [5.74, 6) is -0.256. The summed E-state index contributed by atoms with van der Waals surface area (Å²) < 4.78 is 29.1. The van der Waals surface area contributed by atoms with Gasteiger partial charge in [0.2, 0.25) is 0 Å². The molecule has 6 heteroatoms. The van der Waals surface area contributed by atoms with Gasteiger partial charge in [-0.1, -0.05) is 12.1 Å². The molecule has 2 rings (SSSR count). The standard InChI is InChI=1S/C14H19NO4S/c1-10-8-15(9-11(2)19-10)14(16)12-6-4-5-7-13(12)20(3,17)18/h4-7,10-11H,8-9H2,1-3H3/t10-,11-/m1/s1. The molecule has 0 aliphatic carbocycles. The van der Waals surface area contributed by atoms with Gasteiger partial charge in [0, 0.05) is 19.3 Å². The van der Waals surface area contributed by atoms with E-state index >= 15 is 0 Å². The molecule has 1 fully saturated rings. The van der Waals surface area contributed by atoms with E-state index in [0.29, 0.717) is 13.1 Å². The van der Waals surface area contributed by atoms with Gasteiger partial charge in [-0.25, -0.2) is 8.42 Å². The highest BCUT2D eigenvalue weighted by Crippen LogP contribution is 2.20. The minimum absolute atomic E-state index is 0.0481. The molecule has 5 nitrogen and oxygen atoms in total. The average molecular weight is 297 g/mol. The minimum atomic E-state index is -3.42. The number of morpholine rings is 1. The van der Waals surface area contributed by atoms with Gasteiger partial charge in [-0.3, -0.25) is 4.79 Å². The Morgan fingerprint density at radius 2 is 1.75 bits per heavy atom. The molecule has 0 spiro atoms. The summed E-state index contributed by atoms with van der Waals surface area (Å²) in [4.78, 5) is 14.3. The summed E-state index contributed by atoms with van der Waals surface area (Å²) in [6.45, 7) is 4.75. The van der Waals surface area contributed by atoms with E-state index in [-0.39, 0.29) is 28.6 Å². The van der Waals surface area contributed by atoms with E-state index in [4.69, 9.17) is 4.74 Å². The number of hydrogen-bond acceptors (Lipinski definition) is 4. The number of nitrogens with zero attached hydrogens (tertiary/aromatic N) is 1. The Morgan fingerprint density at radius 1 is 1.20 bits per heavy atom. The van der Waals surface area contributed by atoms with Crippen LogP contribution in [-0.2, 0) is 14.6 Å². The monoisotopic (exact) mass is 297 g/mol. The molecule has 0 aromatic heterocycles. The SMILES string of the molecule is C[C@@H]1CN(C(=O)c2ccccc2S(C)(=O)=O)C[C@@H](C)O1. The smallest absolute Gasteiger partial charge is 0.255 e. The van der Waals surface area contributed by atoms with Crippen LogP contribution in [0.3, 0.4) is 0 Å². The van der Waals surface area contributed by atoms with Crippen LogP contribution in [0.5, 0.6) is 0 Å². The maximum Gasteiger partial charge on any atom is 0.255 e. The number of hydrogen-bond donors (Lipinski definition) is 0. The van der Waals surface area contributed by atoms with Gasteiger partial charge in [0.05, 0.1) is 22.7 Å². The molecule has 110 valence electrons. The normalized spacial score (nSPS) is 23.6. The molecule has 2 atom stereocenters. The largest absolute Gasteiger partial charge is 0.372 e. The first-order valence-corrected chi connectivity index (χ1v) is 8.42. The number of ether oxygens (including phenoxy) is 1. The molecule has 0 unspecified atom stereocenters. The molecule has 1 amide bonds. The van der Waals surface area contributed by atoms with Crippen molar-refractivity contribution in [1.29, 1.82) is 0 Å². The van der Waals surface area contributed by atoms with Crippen LogP contribution in [0.1, 0.15) is 24.2 Å². The second kappa shape index (κ2) is 5.54. The maximum atomic E-state index is 12.6. The van der Waals surface area contributed by atoms with Crippen molar-refractivity contribution in [2.75, 3.05) is 19.3 Å². The first kappa shape index (κ1) is 15.0. The number of amides is 1. The highest BCUT2D eigenvalue weighted by Gasteiger charge is 2.29. The molecule has 0 bridgehead atoms. The second-order valence-corrected chi connectivity index (χ2v) is 7.22. The van der Waals surface area contributed by atoms with E-state index in [0.717, 1.165) is 6.26 Å². The van der Waals surface area contributed by atoms with Gasteiger partial charge in [-0.2, -0.15) is 0 Å². The van der Waals surface area contributed by atoms with Crippen molar-refractivity contribution >= 4 is 15.7 Å². The Morgan fingerprint density at radius 3 is 2.30 bits per heavy atom. The molecule has 1 heterocycles. The van der Waals surface area contributed by atoms with Crippen molar-refractivity contribution in [3.63, 3.8) is 0 Å². The minimum Gasteiger partial charge on any atom is -0.372 e. The van der Waals surface area contributed by atoms with E-state index in [2.05, 4.69) is 0 Å². The first-order chi connectivity index (χ1) is 9.29. The van der Waals surface area contributed by atoms with Crippen molar-refractivity contribution < 1.29 is 17.9 Å². The first-order valence-electron chi connectivity index (χ1n) is 6.53. The van der Waals surface area contributed by atoms with Crippen LogP contribution in [-0.4, -0.2) is 50.8 Å². The summed E-state index contributed by atoms with van der Waals surface area (Å²) in [7, 11) is -3.42. The highest BCUT2D eigenvalue weighted by molar-refractivity contribution is 7.90. The molecule has 0 saturated carbocycles. The maximum absolute atomic E-state index is 12.6. The number of rotatable bonds is 2. The average Bonchev–Trinajstić information content (AvgIpc) is 2.35. The number of sulfone groups is 1. The van der Waals surface area contributed by atoms with Gasteiger partial charge < -0.3 is 9.64 Å². The molecular weight excluding hydrogens is 278 g/mol. The molecule has 20 heavy (non-hydrogen) atoms. The Balaban J connectivity index is 2.35. The van der Waals surface area contributed by atoms with Crippen molar-refractivity contribution in [1.82, 2.24) is 4.90 Å². The highest BCUT2D eigenvalue weighted by atomic mass is 32.2. The lowest BCUT2D eigenvalue weighted by atomic mass is 10.1. The van der Waals surface area contributed by atoms with Crippen LogP contribution in [0, 0.1) is 0 Å². The molecule has 1 aliphatic heterocycles. The third kappa shape index (κ3) is 3.19. The predicted octanol–water partition coefficient (Wildman–Crippen LogP) is 1.34. The van der Waals surface area contributed by atoms with Crippen LogP contribution in [0.2, 0.25) is 0 Å². The molecule has 1 aromatic carbocycles. The van der Waals surface area contributed by atoms with Crippen LogP contribution in [0.4, 0.5) is 0 Å². The zero-order chi connectivity index (χ0) is 14.9. The number of benzene rings is 1. The summed E-state index contributed by atoms with van der Waals surface area (Å²) in [6, 6.07) is 6.33. The van der Waals surface area contributed by atoms with E-state index in [9.17, 15) is 13.2 Å². The van der Waals surface area contributed by atoms with Gasteiger partial charge in [0.1, 0.15) is 0 Å². The lowest BCUT2D eigenvalue weighted by molar-refractivity contribution is -0.0586. The van der Waals surface area contributed by atoms with Gasteiger partial charge in [0.25, 0.3) is 5.91 Å². The lowest BCUT2D eigenvalue weighted by Gasteiger charge is -2.35. The van der Waals surface area contributed by atoms with Crippen molar-refractivity contribution in [3.05, 3.63) is 29.8 Å². The Bertz CT molecular complexity index is 601. The van der Waals surface area contributed by atoms with Crippen molar-refractivity contribution in [2.24, 2.45) is 0 Å². The third-order valence-electron chi connectivity index (χ3n) is 3.22. The van der Waals surface area contributed by atoms with Gasteiger partial charge in [-0.05, 0) is 26.0 Å². The molecule has 0 N–H and O–H groups in total. The Labute approximate surface area is 119 Å². The zero-order valence-electron chi connectivity index (χ0n) is 11.9. The summed E-state index contributed by atoms with van der Waals surface area (Å²) in [6.07, 6.45) is 1.02. The van der Waals surface area contributed by atoms with E-state index < -0.39 is 9.84 Å². The molecule has 1 aliphatic rings. The lowest BCUT2D eigenvalue weighted by Crippen LogP contribution is -2.48. The molecule has 1 saturated heterocycles. The molecule has 1 aromatic rings. The van der Waals surface area contributed by atoms with E-state index in [1.54, 1.807) is 23.1 Å². The van der Waals surface area contributed by atoms with Crippen LogP contribution in [0.25, 0.3) is 0 Å². The summed E-state index contributed by atoms with van der Waals surface area (Å²) in [5.41, 5.74) is 0.233. The van der Waals surface area contributed by atoms with E-state index in [1.807, 2.05) is 13.8 Å².